The molecule has 0 fully saturated rings. The standard InChI is InChI=1S/2C16H13ClF2NO.2C5H5.Ti/c2*1-10(2)20(15-8-7-13(18)9-14(15)19)16(21)11-3-5-12(17)6-4-11;2*1-2-4-5-3-1;/h2*3-8,10H,1-2H3;2*1-5H;. The average Bonchev–Trinajstić information content (AvgIpc) is 3.86. The van der Waals surface area contributed by atoms with Crippen molar-refractivity contribution < 1.29 is 43.7 Å². The molecule has 2 aliphatic rings. The third kappa shape index (κ3) is 6.98. The predicted octanol–water partition coefficient (Wildman–Crippen LogP) is 10.6. The minimum absolute atomic E-state index is 0.216. The van der Waals surface area contributed by atoms with Crippen LogP contribution in [0.1, 0.15) is 48.4 Å². The first kappa shape index (κ1) is 38.5. The molecule has 0 aliphatic heterocycles. The van der Waals surface area contributed by atoms with Crippen LogP contribution in [0.2, 0.25) is 18.5 Å². The topological polar surface area (TPSA) is 40.6 Å². The third-order valence-electron chi connectivity index (χ3n) is 9.69. The van der Waals surface area contributed by atoms with Gasteiger partial charge in [0.05, 0.1) is 0 Å². The monoisotopic (exact) mass is 794 g/mol. The number of hydrogen-bond acceptors (Lipinski definition) is 2. The van der Waals surface area contributed by atoms with E-state index in [9.17, 15) is 9.59 Å². The van der Waals surface area contributed by atoms with E-state index in [0.29, 0.717) is 10.0 Å². The van der Waals surface area contributed by atoms with Crippen LogP contribution in [0, 0.1) is 23.3 Å². The van der Waals surface area contributed by atoms with Gasteiger partial charge in [-0.25, -0.2) is 0 Å². The summed E-state index contributed by atoms with van der Waals surface area (Å²) in [5.41, 5.74) is -0.0364. The Morgan fingerprint density at radius 3 is 1.17 bits per heavy atom. The molecule has 6 rings (SSSR count). The Hall–Kier alpha value is -4.21. The molecule has 0 N–H and O–H groups in total. The molecule has 0 bridgehead atoms. The summed E-state index contributed by atoms with van der Waals surface area (Å²) in [5, 5.41) is 0.802. The van der Waals surface area contributed by atoms with E-state index in [4.69, 9.17) is 23.2 Å². The van der Waals surface area contributed by atoms with Crippen molar-refractivity contribution in [3.8, 4) is 0 Å². The van der Waals surface area contributed by atoms with E-state index in [1.54, 1.807) is 76.3 Å². The predicted molar refractivity (Wildman–Crippen MR) is 203 cm³/mol. The SMILES string of the molecule is CC(C)N(C(=O)c1ccc(Cl)cc1)c1ccc(F)[c]([Ti]([c]2c(F)ccc(N(C(=O)c3ccc(Cl)cc3)C(C)C)c2F)([CH]2C=CC=C2)[CH]2C=CC=C2)c1F. The summed E-state index contributed by atoms with van der Waals surface area (Å²) in [7, 11) is 0. The second-order valence-electron chi connectivity index (χ2n) is 13.5. The van der Waals surface area contributed by atoms with Gasteiger partial charge in [0, 0.05) is 0 Å². The van der Waals surface area contributed by atoms with Crippen molar-refractivity contribution in [3.05, 3.63) is 166 Å². The Labute approximate surface area is 320 Å². The van der Waals surface area contributed by atoms with Crippen LogP contribution in [0.15, 0.2) is 121 Å². The van der Waals surface area contributed by atoms with Gasteiger partial charge in [-0.05, 0) is 0 Å². The minimum atomic E-state index is -5.31. The molecule has 53 heavy (non-hydrogen) atoms. The zero-order valence-electron chi connectivity index (χ0n) is 29.3. The molecule has 272 valence electrons. The van der Waals surface area contributed by atoms with Gasteiger partial charge >= 0.3 is 322 Å². The molecule has 0 unspecified atom stereocenters. The van der Waals surface area contributed by atoms with Crippen molar-refractivity contribution in [1.29, 1.82) is 0 Å². The summed E-state index contributed by atoms with van der Waals surface area (Å²) in [4.78, 5) is 30.4. The normalized spacial score (nSPS) is 14.3. The Morgan fingerprint density at radius 2 is 0.868 bits per heavy atom. The fraction of sp³-hybridized carbons (Fsp3) is 0.190. The van der Waals surface area contributed by atoms with E-state index in [2.05, 4.69) is 0 Å². The summed E-state index contributed by atoms with van der Waals surface area (Å²) < 4.78 is 66.8. The summed E-state index contributed by atoms with van der Waals surface area (Å²) in [6.45, 7) is 6.77. The van der Waals surface area contributed by atoms with Gasteiger partial charge in [-0.1, -0.05) is 0 Å². The number of amides is 2. The second kappa shape index (κ2) is 15.6. The molecule has 0 saturated carbocycles. The van der Waals surface area contributed by atoms with E-state index in [1.165, 1.54) is 70.5 Å². The van der Waals surface area contributed by atoms with Gasteiger partial charge in [-0.15, -0.1) is 0 Å². The first-order valence-corrected chi connectivity index (χ1v) is 21.3. The summed E-state index contributed by atoms with van der Waals surface area (Å²) in [6, 6.07) is 15.5. The van der Waals surface area contributed by atoms with Crippen molar-refractivity contribution in [2.75, 3.05) is 9.80 Å². The molecule has 0 aromatic heterocycles. The van der Waals surface area contributed by atoms with Crippen LogP contribution in [0.3, 0.4) is 0 Å². The van der Waals surface area contributed by atoms with Crippen LogP contribution in [0.25, 0.3) is 0 Å². The number of carbonyl (C=O) groups is 2. The number of benzene rings is 4. The Bertz CT molecular complexity index is 2000. The number of halogens is 6. The molecule has 11 heteroatoms. The molecule has 0 heterocycles. The van der Waals surface area contributed by atoms with Crippen molar-refractivity contribution in [2.45, 2.75) is 48.2 Å². The van der Waals surface area contributed by atoms with Gasteiger partial charge in [0.25, 0.3) is 0 Å². The molecular formula is C42H36Cl2F4N2O2Ti. The number of nitrogens with zero attached hydrogens (tertiary/aromatic N) is 2. The molecule has 2 amide bonds. The second-order valence-corrected chi connectivity index (χ2v) is 20.8. The number of rotatable bonds is 10. The third-order valence-corrected chi connectivity index (χ3v) is 18.7. The van der Waals surface area contributed by atoms with Crippen LogP contribution in [0.5, 0.6) is 0 Å². The van der Waals surface area contributed by atoms with Crippen molar-refractivity contribution >= 4 is 54.1 Å². The molecule has 0 saturated heterocycles. The van der Waals surface area contributed by atoms with Crippen LogP contribution in [-0.2, 0) is 16.6 Å². The average molecular weight is 796 g/mol. The number of hydrogen-bond donors (Lipinski definition) is 0. The van der Waals surface area contributed by atoms with E-state index in [0.717, 1.165) is 12.1 Å². The Kier molecular flexibility index (Phi) is 11.4. The quantitative estimate of drug-likeness (QED) is 0.119. The van der Waals surface area contributed by atoms with Crippen LogP contribution < -0.4 is 17.5 Å². The van der Waals surface area contributed by atoms with Gasteiger partial charge in [0.15, 0.2) is 0 Å². The van der Waals surface area contributed by atoms with Crippen LogP contribution >= 0.6 is 23.2 Å². The molecule has 0 radical (unpaired) electrons. The molecule has 2 aliphatic carbocycles. The molecule has 4 aromatic carbocycles. The number of anilines is 2. The van der Waals surface area contributed by atoms with Crippen LogP contribution in [0.4, 0.5) is 28.9 Å². The molecule has 0 spiro atoms. The molecule has 4 aromatic rings. The summed E-state index contributed by atoms with van der Waals surface area (Å²) >= 11 is 6.83. The van der Waals surface area contributed by atoms with Crippen LogP contribution in [-0.4, -0.2) is 23.9 Å². The van der Waals surface area contributed by atoms with E-state index < -0.39 is 79.9 Å². The fourth-order valence-electron chi connectivity index (χ4n) is 7.41. The van der Waals surface area contributed by atoms with Crippen molar-refractivity contribution in [3.63, 3.8) is 0 Å². The fourth-order valence-corrected chi connectivity index (χ4v) is 16.4. The van der Waals surface area contributed by atoms with E-state index in [-0.39, 0.29) is 22.5 Å². The zero-order chi connectivity index (χ0) is 38.2. The van der Waals surface area contributed by atoms with Crippen molar-refractivity contribution in [1.82, 2.24) is 0 Å². The summed E-state index contributed by atoms with van der Waals surface area (Å²) in [6.07, 6.45) is 13.7. The van der Waals surface area contributed by atoms with Gasteiger partial charge in [-0.2, -0.15) is 0 Å². The Morgan fingerprint density at radius 1 is 0.547 bits per heavy atom. The molecule has 4 nitrogen and oxygen atoms in total. The summed E-state index contributed by atoms with van der Waals surface area (Å²) in [5.74, 6) is -5.27. The first-order valence-electron chi connectivity index (χ1n) is 17.1. The van der Waals surface area contributed by atoms with E-state index in [1.807, 2.05) is 0 Å². The zero-order valence-corrected chi connectivity index (χ0v) is 32.4. The van der Waals surface area contributed by atoms with Gasteiger partial charge in [0.1, 0.15) is 0 Å². The molecular weight excluding hydrogens is 759 g/mol. The Balaban J connectivity index is 1.66. The maximum atomic E-state index is 17.8. The van der Waals surface area contributed by atoms with Gasteiger partial charge < -0.3 is 0 Å². The number of carbonyl (C=O) groups excluding carboxylic acids is 2. The van der Waals surface area contributed by atoms with Gasteiger partial charge in [-0.3, -0.25) is 0 Å². The van der Waals surface area contributed by atoms with Crippen molar-refractivity contribution in [2.24, 2.45) is 0 Å². The van der Waals surface area contributed by atoms with Gasteiger partial charge in [0.2, 0.25) is 0 Å². The maximum absolute atomic E-state index is 17.8. The van der Waals surface area contributed by atoms with E-state index >= 15 is 17.6 Å². The molecule has 0 atom stereocenters. The number of allylic oxidation sites excluding steroid dienone is 8. The first-order chi connectivity index (χ1) is 25.3.